The number of hydrogen-bond acceptors (Lipinski definition) is 5. The molecule has 0 saturated carbocycles. The summed E-state index contributed by atoms with van der Waals surface area (Å²) < 4.78 is 5.53. The van der Waals surface area contributed by atoms with Crippen LogP contribution in [0.25, 0.3) is 5.76 Å². The average molecular weight is 388 g/mol. The van der Waals surface area contributed by atoms with E-state index >= 15 is 0 Å². The molecule has 1 atom stereocenters. The molecule has 1 aliphatic rings. The molecular weight excluding hydrogens is 368 g/mol. The summed E-state index contributed by atoms with van der Waals surface area (Å²) in [7, 11) is 0. The second-order valence-electron chi connectivity index (χ2n) is 6.85. The highest BCUT2D eigenvalue weighted by molar-refractivity contribution is 6.46. The molecule has 0 bridgehead atoms. The molecule has 2 aromatic heterocycles. The van der Waals surface area contributed by atoms with Crippen molar-refractivity contribution in [2.75, 3.05) is 0 Å². The van der Waals surface area contributed by atoms with Crippen LogP contribution in [-0.4, -0.2) is 26.7 Å². The van der Waals surface area contributed by atoms with Gasteiger partial charge in [-0.2, -0.15) is 0 Å². The first kappa shape index (κ1) is 18.7. The smallest absolute Gasteiger partial charge is 0.296 e. The molecule has 1 amide bonds. The number of nitrogens with zero attached hydrogens (tertiary/aromatic N) is 2. The van der Waals surface area contributed by atoms with Crippen LogP contribution in [0.2, 0.25) is 0 Å². The molecule has 146 valence electrons. The minimum absolute atomic E-state index is 0.0260. The molecule has 29 heavy (non-hydrogen) atoms. The van der Waals surface area contributed by atoms with Crippen LogP contribution in [0.15, 0.2) is 77.2 Å². The minimum atomic E-state index is -0.809. The fourth-order valence-electron chi connectivity index (χ4n) is 3.53. The van der Waals surface area contributed by atoms with Gasteiger partial charge in [0, 0.05) is 24.5 Å². The third kappa shape index (κ3) is 3.45. The Morgan fingerprint density at radius 3 is 2.52 bits per heavy atom. The quantitative estimate of drug-likeness (QED) is 0.408. The Hall–Kier alpha value is -3.67. The Balaban J connectivity index is 1.81. The van der Waals surface area contributed by atoms with E-state index in [2.05, 4.69) is 4.98 Å². The van der Waals surface area contributed by atoms with E-state index in [9.17, 15) is 14.7 Å². The number of hydrogen-bond donors (Lipinski definition) is 1. The highest BCUT2D eigenvalue weighted by atomic mass is 16.3. The van der Waals surface area contributed by atoms with Gasteiger partial charge in [0.2, 0.25) is 0 Å². The number of aliphatic hydroxyl groups is 1. The van der Waals surface area contributed by atoms with E-state index in [1.807, 2.05) is 25.1 Å². The summed E-state index contributed by atoms with van der Waals surface area (Å²) in [6, 6.07) is 13.5. The highest BCUT2D eigenvalue weighted by Crippen LogP contribution is 2.40. The van der Waals surface area contributed by atoms with Crippen molar-refractivity contribution in [1.82, 2.24) is 9.88 Å². The normalized spacial score (nSPS) is 18.4. The van der Waals surface area contributed by atoms with Crippen LogP contribution in [0.3, 0.4) is 0 Å². The number of carbonyl (C=O) groups is 2. The molecule has 0 aliphatic carbocycles. The molecule has 6 heteroatoms. The van der Waals surface area contributed by atoms with Crippen molar-refractivity contribution >= 4 is 17.4 Å². The molecule has 4 rings (SSSR count). The van der Waals surface area contributed by atoms with Gasteiger partial charge in [0.15, 0.2) is 0 Å². The SMILES string of the molecule is CCc1ccc(/C(O)=C2/C(=O)C(=O)N(Cc3cccnc3)C2c2ccco2)cc1. The first-order valence-corrected chi connectivity index (χ1v) is 9.40. The fourth-order valence-corrected chi connectivity index (χ4v) is 3.53. The van der Waals surface area contributed by atoms with Crippen LogP contribution in [0.1, 0.15) is 35.4 Å². The average Bonchev–Trinajstić information content (AvgIpc) is 3.37. The van der Waals surface area contributed by atoms with Crippen LogP contribution in [-0.2, 0) is 22.6 Å². The Labute approximate surface area is 168 Å². The molecule has 1 unspecified atom stereocenters. The monoisotopic (exact) mass is 388 g/mol. The van der Waals surface area contributed by atoms with Crippen molar-refractivity contribution in [3.05, 3.63) is 95.2 Å². The second-order valence-corrected chi connectivity index (χ2v) is 6.85. The van der Waals surface area contributed by atoms with Gasteiger partial charge >= 0.3 is 0 Å². The molecule has 6 nitrogen and oxygen atoms in total. The van der Waals surface area contributed by atoms with Crippen LogP contribution in [0.5, 0.6) is 0 Å². The van der Waals surface area contributed by atoms with Crippen LogP contribution >= 0.6 is 0 Å². The van der Waals surface area contributed by atoms with Crippen LogP contribution in [0.4, 0.5) is 0 Å². The van der Waals surface area contributed by atoms with Crippen molar-refractivity contribution in [3.63, 3.8) is 0 Å². The fraction of sp³-hybridized carbons (Fsp3) is 0.174. The van der Waals surface area contributed by atoms with Gasteiger partial charge in [0.1, 0.15) is 17.6 Å². The largest absolute Gasteiger partial charge is 0.507 e. The van der Waals surface area contributed by atoms with Crippen molar-refractivity contribution in [2.24, 2.45) is 0 Å². The number of aromatic nitrogens is 1. The maximum atomic E-state index is 12.9. The van der Waals surface area contributed by atoms with Crippen molar-refractivity contribution in [2.45, 2.75) is 25.9 Å². The summed E-state index contributed by atoms with van der Waals surface area (Å²) in [6.45, 7) is 2.21. The van der Waals surface area contributed by atoms with Gasteiger partial charge in [-0.05, 0) is 35.7 Å². The molecule has 1 fully saturated rings. The molecule has 1 aliphatic heterocycles. The Morgan fingerprint density at radius 2 is 1.90 bits per heavy atom. The third-order valence-electron chi connectivity index (χ3n) is 5.06. The van der Waals surface area contributed by atoms with Gasteiger partial charge in [0.05, 0.1) is 11.8 Å². The molecule has 0 radical (unpaired) electrons. The summed E-state index contributed by atoms with van der Waals surface area (Å²) in [5, 5.41) is 11.0. The molecule has 0 spiro atoms. The second kappa shape index (κ2) is 7.75. The van der Waals surface area contributed by atoms with Gasteiger partial charge in [-0.15, -0.1) is 0 Å². The maximum absolute atomic E-state index is 12.9. The number of likely N-dealkylation sites (tertiary alicyclic amines) is 1. The first-order valence-electron chi connectivity index (χ1n) is 9.40. The maximum Gasteiger partial charge on any atom is 0.296 e. The van der Waals surface area contributed by atoms with Crippen molar-refractivity contribution in [1.29, 1.82) is 0 Å². The van der Waals surface area contributed by atoms with Gasteiger partial charge in [-0.25, -0.2) is 0 Å². The summed E-state index contributed by atoms with van der Waals surface area (Å²) in [6.07, 6.45) is 5.63. The van der Waals surface area contributed by atoms with E-state index in [-0.39, 0.29) is 17.9 Å². The Bertz CT molecular complexity index is 1050. The lowest BCUT2D eigenvalue weighted by atomic mass is 9.98. The summed E-state index contributed by atoms with van der Waals surface area (Å²) in [4.78, 5) is 31.2. The molecular formula is C23H20N2O4. The number of carbonyl (C=O) groups excluding carboxylic acids is 2. The lowest BCUT2D eigenvalue weighted by Gasteiger charge is -2.23. The summed E-state index contributed by atoms with van der Waals surface area (Å²) >= 11 is 0. The Morgan fingerprint density at radius 1 is 1.10 bits per heavy atom. The van der Waals surface area contributed by atoms with E-state index < -0.39 is 17.7 Å². The Kier molecular flexibility index (Phi) is 4.99. The topological polar surface area (TPSA) is 83.6 Å². The van der Waals surface area contributed by atoms with Crippen LogP contribution < -0.4 is 0 Å². The van der Waals surface area contributed by atoms with E-state index in [0.29, 0.717) is 11.3 Å². The number of pyridine rings is 1. The number of benzene rings is 1. The predicted molar refractivity (Wildman–Crippen MR) is 107 cm³/mol. The highest BCUT2D eigenvalue weighted by Gasteiger charge is 2.47. The lowest BCUT2D eigenvalue weighted by Crippen LogP contribution is -2.29. The number of aryl methyl sites for hydroxylation is 1. The number of ketones is 1. The standard InChI is InChI=1S/C23H20N2O4/c1-2-15-7-9-17(10-8-15)21(26)19-20(18-6-4-12-29-18)25(23(28)22(19)27)14-16-5-3-11-24-13-16/h3-13,20,26H,2,14H2,1H3/b21-19-. The lowest BCUT2D eigenvalue weighted by molar-refractivity contribution is -0.140. The summed E-state index contributed by atoms with van der Waals surface area (Å²) in [5.74, 6) is -1.20. The minimum Gasteiger partial charge on any atom is -0.507 e. The van der Waals surface area contributed by atoms with Crippen LogP contribution in [0, 0.1) is 0 Å². The zero-order valence-corrected chi connectivity index (χ0v) is 15.9. The number of aliphatic hydroxyl groups excluding tert-OH is 1. The first-order chi connectivity index (χ1) is 14.1. The predicted octanol–water partition coefficient (Wildman–Crippen LogP) is 3.86. The number of furan rings is 1. The summed E-state index contributed by atoms with van der Waals surface area (Å²) in [5.41, 5.74) is 2.40. The van der Waals surface area contributed by atoms with E-state index in [1.54, 1.807) is 42.7 Å². The van der Waals surface area contributed by atoms with E-state index in [4.69, 9.17) is 4.42 Å². The van der Waals surface area contributed by atoms with Crippen molar-refractivity contribution < 1.29 is 19.1 Å². The zero-order valence-electron chi connectivity index (χ0n) is 15.9. The number of rotatable bonds is 5. The number of Topliss-reactive ketones (excluding diaryl/α,β-unsaturated/α-hetero) is 1. The van der Waals surface area contributed by atoms with E-state index in [0.717, 1.165) is 17.5 Å². The zero-order chi connectivity index (χ0) is 20.4. The van der Waals surface area contributed by atoms with E-state index in [1.165, 1.54) is 11.2 Å². The van der Waals surface area contributed by atoms with Gasteiger partial charge in [0.25, 0.3) is 11.7 Å². The molecule has 1 N–H and O–H groups in total. The molecule has 3 aromatic rings. The molecule has 3 heterocycles. The van der Waals surface area contributed by atoms with Gasteiger partial charge in [-0.3, -0.25) is 14.6 Å². The van der Waals surface area contributed by atoms with Crippen molar-refractivity contribution in [3.8, 4) is 0 Å². The van der Waals surface area contributed by atoms with Gasteiger partial charge in [-0.1, -0.05) is 37.3 Å². The third-order valence-corrected chi connectivity index (χ3v) is 5.06. The molecule has 1 aromatic carbocycles. The van der Waals surface area contributed by atoms with Gasteiger partial charge < -0.3 is 14.4 Å². The number of amides is 1. The molecule has 1 saturated heterocycles.